The molecule has 0 bridgehead atoms. The molecule has 0 spiro atoms. The van der Waals surface area contributed by atoms with E-state index in [9.17, 15) is 13.2 Å². The monoisotopic (exact) mass is 260 g/mol. The highest BCUT2D eigenvalue weighted by Crippen LogP contribution is 2.13. The molecule has 0 fully saturated rings. The van der Waals surface area contributed by atoms with E-state index in [1.54, 1.807) is 0 Å². The summed E-state index contributed by atoms with van der Waals surface area (Å²) in [7, 11) is -1.96. The zero-order chi connectivity index (χ0) is 12.9. The number of carbonyl (C=O) groups is 1. The van der Waals surface area contributed by atoms with Crippen LogP contribution in [0.25, 0.3) is 0 Å². The van der Waals surface area contributed by atoms with Gasteiger partial charge >= 0.3 is 0 Å². The number of aromatic amines is 1. The number of nitrogens with one attached hydrogen (secondary N) is 3. The molecule has 1 heterocycles. The molecule has 3 N–H and O–H groups in total. The minimum atomic E-state index is -3.42. The minimum absolute atomic E-state index is 0.0296. The average Bonchev–Trinajstić information content (AvgIpc) is 2.72. The quantitative estimate of drug-likeness (QED) is 0.684. The molecule has 96 valence electrons. The summed E-state index contributed by atoms with van der Waals surface area (Å²) < 4.78 is 25.6. The second-order valence-electron chi connectivity index (χ2n) is 3.51. The van der Waals surface area contributed by atoms with Gasteiger partial charge in [-0.1, -0.05) is 13.3 Å². The van der Waals surface area contributed by atoms with Crippen LogP contribution in [0.4, 0.5) is 5.69 Å². The maximum absolute atomic E-state index is 11.6. The van der Waals surface area contributed by atoms with Crippen LogP contribution in [0.2, 0.25) is 0 Å². The van der Waals surface area contributed by atoms with Gasteiger partial charge in [0.1, 0.15) is 5.69 Å². The van der Waals surface area contributed by atoms with Gasteiger partial charge in [0, 0.05) is 7.05 Å². The Morgan fingerprint density at radius 3 is 2.82 bits per heavy atom. The van der Waals surface area contributed by atoms with Crippen molar-refractivity contribution >= 4 is 21.6 Å². The first-order chi connectivity index (χ1) is 8.00. The molecule has 17 heavy (non-hydrogen) atoms. The molecule has 1 rings (SSSR count). The molecule has 0 atom stereocenters. The smallest absolute Gasteiger partial charge is 0.271 e. The molecular formula is C9H16N4O3S. The summed E-state index contributed by atoms with van der Waals surface area (Å²) in [5.41, 5.74) is 0.271. The molecule has 1 aromatic heterocycles. The Bertz CT molecular complexity index is 480. The number of nitrogens with zero attached hydrogens (tertiary/aromatic N) is 1. The second-order valence-corrected chi connectivity index (χ2v) is 5.35. The molecule has 1 aromatic rings. The molecule has 0 aliphatic heterocycles. The van der Waals surface area contributed by atoms with Gasteiger partial charge in [0.25, 0.3) is 5.91 Å². The summed E-state index contributed by atoms with van der Waals surface area (Å²) in [6.45, 7) is 1.91. The van der Waals surface area contributed by atoms with Gasteiger partial charge in [-0.15, -0.1) is 0 Å². The van der Waals surface area contributed by atoms with Crippen LogP contribution >= 0.6 is 0 Å². The highest BCUT2D eigenvalue weighted by molar-refractivity contribution is 7.92. The van der Waals surface area contributed by atoms with Gasteiger partial charge < -0.3 is 5.32 Å². The van der Waals surface area contributed by atoms with Gasteiger partial charge in [-0.25, -0.2) is 8.42 Å². The van der Waals surface area contributed by atoms with Crippen molar-refractivity contribution in [1.82, 2.24) is 15.5 Å². The third-order valence-electron chi connectivity index (χ3n) is 2.13. The Hall–Kier alpha value is -1.57. The molecular weight excluding hydrogens is 244 g/mol. The van der Waals surface area contributed by atoms with Gasteiger partial charge in [-0.3, -0.25) is 14.6 Å². The van der Waals surface area contributed by atoms with Crippen LogP contribution in [0.15, 0.2) is 6.20 Å². The Morgan fingerprint density at radius 1 is 1.53 bits per heavy atom. The fraction of sp³-hybridized carbons (Fsp3) is 0.556. The molecule has 0 aromatic carbocycles. The van der Waals surface area contributed by atoms with E-state index in [2.05, 4.69) is 20.2 Å². The molecule has 7 nitrogen and oxygen atoms in total. The largest absolute Gasteiger partial charge is 0.354 e. The number of H-pyrrole nitrogens is 1. The van der Waals surface area contributed by atoms with Crippen molar-refractivity contribution in [3.8, 4) is 0 Å². The minimum Gasteiger partial charge on any atom is -0.354 e. The summed E-state index contributed by atoms with van der Waals surface area (Å²) in [5, 5.41) is 8.48. The van der Waals surface area contributed by atoms with Crippen molar-refractivity contribution < 1.29 is 13.2 Å². The van der Waals surface area contributed by atoms with Gasteiger partial charge in [-0.05, 0) is 6.42 Å². The number of aromatic nitrogens is 2. The van der Waals surface area contributed by atoms with Crippen LogP contribution in [0.1, 0.15) is 30.3 Å². The van der Waals surface area contributed by atoms with Gasteiger partial charge in [0.15, 0.2) is 0 Å². The predicted molar refractivity (Wildman–Crippen MR) is 64.3 cm³/mol. The Balaban J connectivity index is 2.82. The predicted octanol–water partition coefficient (Wildman–Crippen LogP) is 0.311. The first-order valence-electron chi connectivity index (χ1n) is 5.26. The van der Waals surface area contributed by atoms with Crippen LogP contribution in [0.5, 0.6) is 0 Å². The normalized spacial score (nSPS) is 11.2. The van der Waals surface area contributed by atoms with E-state index in [0.717, 1.165) is 6.42 Å². The maximum Gasteiger partial charge on any atom is 0.271 e. The zero-order valence-corrected chi connectivity index (χ0v) is 10.6. The molecule has 0 saturated carbocycles. The lowest BCUT2D eigenvalue weighted by atomic mass is 10.3. The Kier molecular flexibility index (Phi) is 4.50. The highest BCUT2D eigenvalue weighted by Gasteiger charge is 2.17. The fourth-order valence-electron chi connectivity index (χ4n) is 1.21. The van der Waals surface area contributed by atoms with Gasteiger partial charge in [0.05, 0.1) is 17.6 Å². The molecule has 0 radical (unpaired) electrons. The average molecular weight is 260 g/mol. The maximum atomic E-state index is 11.6. The summed E-state index contributed by atoms with van der Waals surface area (Å²) in [4.78, 5) is 11.4. The van der Waals surface area contributed by atoms with E-state index in [-0.39, 0.29) is 17.1 Å². The Labute approximate surface area is 100 Å². The van der Waals surface area contributed by atoms with Crippen molar-refractivity contribution in [2.45, 2.75) is 19.8 Å². The van der Waals surface area contributed by atoms with Gasteiger partial charge in [-0.2, -0.15) is 5.10 Å². The summed E-state index contributed by atoms with van der Waals surface area (Å²) in [6.07, 6.45) is 2.63. The lowest BCUT2D eigenvalue weighted by Gasteiger charge is -2.06. The van der Waals surface area contributed by atoms with E-state index in [0.29, 0.717) is 6.42 Å². The number of hydrogen-bond acceptors (Lipinski definition) is 4. The van der Waals surface area contributed by atoms with E-state index >= 15 is 0 Å². The lowest BCUT2D eigenvalue weighted by Crippen LogP contribution is -2.22. The lowest BCUT2D eigenvalue weighted by molar-refractivity contribution is 0.0959. The molecule has 1 amide bonds. The van der Waals surface area contributed by atoms with Crippen molar-refractivity contribution in [3.63, 3.8) is 0 Å². The standard InChI is InChI=1S/C9H16N4O3S/c1-3-4-5-17(15,16)13-7-6-11-12-8(7)9(14)10-2/h6,13H,3-5H2,1-2H3,(H,10,14)(H,11,12). The zero-order valence-electron chi connectivity index (χ0n) is 9.78. The number of hydrogen-bond donors (Lipinski definition) is 3. The third kappa shape index (κ3) is 3.74. The number of rotatable bonds is 6. The van der Waals surface area contributed by atoms with E-state index < -0.39 is 15.9 Å². The molecule has 8 heteroatoms. The van der Waals surface area contributed by atoms with Gasteiger partial charge in [0.2, 0.25) is 10.0 Å². The van der Waals surface area contributed by atoms with Crippen LogP contribution in [-0.2, 0) is 10.0 Å². The number of unbranched alkanes of at least 4 members (excludes halogenated alkanes) is 1. The van der Waals surface area contributed by atoms with E-state index in [1.165, 1.54) is 13.2 Å². The van der Waals surface area contributed by atoms with Crippen LogP contribution in [-0.4, -0.2) is 37.3 Å². The van der Waals surface area contributed by atoms with Crippen molar-refractivity contribution in [2.24, 2.45) is 0 Å². The number of anilines is 1. The second kappa shape index (κ2) is 5.67. The van der Waals surface area contributed by atoms with E-state index in [4.69, 9.17) is 0 Å². The summed E-state index contributed by atoms with van der Waals surface area (Å²) >= 11 is 0. The first kappa shape index (κ1) is 13.5. The number of carbonyl (C=O) groups excluding carboxylic acids is 1. The molecule has 0 aliphatic carbocycles. The number of amides is 1. The summed E-state index contributed by atoms with van der Waals surface area (Å²) in [5.74, 6) is -0.391. The molecule has 0 saturated heterocycles. The van der Waals surface area contributed by atoms with E-state index in [1.807, 2.05) is 6.92 Å². The van der Waals surface area contributed by atoms with Crippen LogP contribution in [0.3, 0.4) is 0 Å². The Morgan fingerprint density at radius 2 is 2.24 bits per heavy atom. The SMILES string of the molecule is CCCCS(=O)(=O)Nc1cn[nH]c1C(=O)NC. The van der Waals surface area contributed by atoms with Crippen LogP contribution in [0, 0.1) is 0 Å². The highest BCUT2D eigenvalue weighted by atomic mass is 32.2. The number of sulfonamides is 1. The van der Waals surface area contributed by atoms with Crippen molar-refractivity contribution in [2.75, 3.05) is 17.5 Å². The first-order valence-corrected chi connectivity index (χ1v) is 6.91. The summed E-state index contributed by atoms with van der Waals surface area (Å²) in [6, 6.07) is 0. The van der Waals surface area contributed by atoms with Crippen molar-refractivity contribution in [1.29, 1.82) is 0 Å². The molecule has 0 aliphatic rings. The van der Waals surface area contributed by atoms with Crippen LogP contribution < -0.4 is 10.0 Å². The van der Waals surface area contributed by atoms with Crippen molar-refractivity contribution in [3.05, 3.63) is 11.9 Å². The third-order valence-corrected chi connectivity index (χ3v) is 3.48. The molecule has 0 unspecified atom stereocenters. The fourth-order valence-corrected chi connectivity index (χ4v) is 2.48. The topological polar surface area (TPSA) is 104 Å².